The van der Waals surface area contributed by atoms with Crippen LogP contribution in [0.3, 0.4) is 0 Å². The van der Waals surface area contributed by atoms with E-state index >= 15 is 0 Å². The summed E-state index contributed by atoms with van der Waals surface area (Å²) in [7, 11) is 1.60. The van der Waals surface area contributed by atoms with Gasteiger partial charge in [-0.25, -0.2) is 13.2 Å². The Balaban J connectivity index is 1.96. The molecule has 0 saturated carbocycles. The van der Waals surface area contributed by atoms with Gasteiger partial charge >= 0.3 is 0 Å². The highest BCUT2D eigenvalue weighted by Crippen LogP contribution is 2.44. The minimum atomic E-state index is -0.659. The fraction of sp³-hybridized carbons (Fsp3) is 0.0370. The molecule has 152 valence electrons. The second-order valence-electron chi connectivity index (χ2n) is 7.34. The Labute approximate surface area is 177 Å². The van der Waals surface area contributed by atoms with Gasteiger partial charge in [-0.3, -0.25) is 0 Å². The van der Waals surface area contributed by atoms with Crippen molar-refractivity contribution < 1.29 is 17.9 Å². The van der Waals surface area contributed by atoms with E-state index in [-0.39, 0.29) is 11.4 Å². The number of hydrogen-bond acceptors (Lipinski definition) is 1. The maximum atomic E-state index is 14.9. The standard InChI is InChI=1S/C27H17F3O/c1-31-19-10-6-16(7-11-19)26-20-4-2-3-5-21(20)27(22-12-8-17(28)14-24(22)26)23-13-9-18(29)15-25(23)30/h2-15H,1H3. The molecule has 0 fully saturated rings. The Bertz CT molecular complexity index is 1440. The van der Waals surface area contributed by atoms with Crippen LogP contribution in [0.5, 0.6) is 5.75 Å². The molecule has 5 rings (SSSR count). The van der Waals surface area contributed by atoms with Crippen molar-refractivity contribution >= 4 is 21.5 Å². The Morgan fingerprint density at radius 3 is 1.87 bits per heavy atom. The summed E-state index contributed by atoms with van der Waals surface area (Å²) in [6.07, 6.45) is 0. The summed E-state index contributed by atoms with van der Waals surface area (Å²) in [6.45, 7) is 0. The van der Waals surface area contributed by atoms with Gasteiger partial charge in [0.2, 0.25) is 0 Å². The van der Waals surface area contributed by atoms with Crippen LogP contribution in [0.15, 0.2) is 84.9 Å². The number of ether oxygens (including phenoxy) is 1. The van der Waals surface area contributed by atoms with E-state index in [1.807, 2.05) is 48.5 Å². The van der Waals surface area contributed by atoms with Crippen LogP contribution in [-0.4, -0.2) is 7.11 Å². The first kappa shape index (κ1) is 19.2. The zero-order valence-corrected chi connectivity index (χ0v) is 16.6. The van der Waals surface area contributed by atoms with Gasteiger partial charge in [-0.05, 0) is 69.1 Å². The smallest absolute Gasteiger partial charge is 0.133 e. The largest absolute Gasteiger partial charge is 0.497 e. The number of methoxy groups -OCH3 is 1. The Kier molecular flexibility index (Phi) is 4.63. The molecule has 0 unspecified atom stereocenters. The average molecular weight is 414 g/mol. The lowest BCUT2D eigenvalue weighted by Crippen LogP contribution is -1.94. The summed E-state index contributed by atoms with van der Waals surface area (Å²) in [5, 5.41) is 3.00. The maximum Gasteiger partial charge on any atom is 0.133 e. The van der Waals surface area contributed by atoms with E-state index in [0.717, 1.165) is 28.0 Å². The molecule has 0 aliphatic rings. The molecule has 5 aromatic carbocycles. The van der Waals surface area contributed by atoms with Crippen molar-refractivity contribution in [2.75, 3.05) is 7.11 Å². The molecule has 0 atom stereocenters. The second kappa shape index (κ2) is 7.47. The fourth-order valence-corrected chi connectivity index (χ4v) is 4.20. The summed E-state index contributed by atoms with van der Waals surface area (Å²) >= 11 is 0. The van der Waals surface area contributed by atoms with Gasteiger partial charge in [-0.1, -0.05) is 42.5 Å². The molecule has 1 nitrogen and oxygen atoms in total. The first-order chi connectivity index (χ1) is 15.1. The maximum absolute atomic E-state index is 14.9. The first-order valence-corrected chi connectivity index (χ1v) is 9.80. The molecule has 0 bridgehead atoms. The summed E-state index contributed by atoms with van der Waals surface area (Å²) in [4.78, 5) is 0. The minimum Gasteiger partial charge on any atom is -0.497 e. The monoisotopic (exact) mass is 414 g/mol. The molecule has 0 radical (unpaired) electrons. The van der Waals surface area contributed by atoms with Crippen molar-refractivity contribution in [2.45, 2.75) is 0 Å². The van der Waals surface area contributed by atoms with E-state index in [9.17, 15) is 13.2 Å². The van der Waals surface area contributed by atoms with E-state index < -0.39 is 11.6 Å². The van der Waals surface area contributed by atoms with Crippen LogP contribution >= 0.6 is 0 Å². The van der Waals surface area contributed by atoms with Gasteiger partial charge in [0.15, 0.2) is 0 Å². The predicted octanol–water partition coefficient (Wildman–Crippen LogP) is 7.75. The third-order valence-electron chi connectivity index (χ3n) is 5.57. The van der Waals surface area contributed by atoms with Gasteiger partial charge < -0.3 is 4.74 Å². The highest BCUT2D eigenvalue weighted by atomic mass is 19.1. The second-order valence-corrected chi connectivity index (χ2v) is 7.34. The molecule has 0 aliphatic heterocycles. The van der Waals surface area contributed by atoms with Crippen molar-refractivity contribution in [1.82, 2.24) is 0 Å². The number of rotatable bonds is 3. The van der Waals surface area contributed by atoms with Gasteiger partial charge in [0, 0.05) is 17.2 Å². The molecule has 31 heavy (non-hydrogen) atoms. The third-order valence-corrected chi connectivity index (χ3v) is 5.57. The van der Waals surface area contributed by atoms with Crippen LogP contribution in [-0.2, 0) is 0 Å². The van der Waals surface area contributed by atoms with Crippen molar-refractivity contribution in [1.29, 1.82) is 0 Å². The molecule has 0 spiro atoms. The molecule has 5 aromatic rings. The van der Waals surface area contributed by atoms with Crippen LogP contribution in [0, 0.1) is 17.5 Å². The third kappa shape index (κ3) is 3.21. The average Bonchev–Trinajstić information content (AvgIpc) is 2.78. The van der Waals surface area contributed by atoms with Gasteiger partial charge in [-0.2, -0.15) is 0 Å². The van der Waals surface area contributed by atoms with Gasteiger partial charge in [0.1, 0.15) is 23.2 Å². The van der Waals surface area contributed by atoms with E-state index in [2.05, 4.69) is 0 Å². The quantitative estimate of drug-likeness (QED) is 0.274. The first-order valence-electron chi connectivity index (χ1n) is 9.80. The number of fused-ring (bicyclic) bond motifs is 2. The van der Waals surface area contributed by atoms with Gasteiger partial charge in [0.25, 0.3) is 0 Å². The van der Waals surface area contributed by atoms with Crippen LogP contribution < -0.4 is 4.74 Å². The normalized spacial score (nSPS) is 11.2. The zero-order chi connectivity index (χ0) is 21.5. The molecular formula is C27H17F3O. The van der Waals surface area contributed by atoms with E-state index in [1.54, 1.807) is 13.2 Å². The van der Waals surface area contributed by atoms with Gasteiger partial charge in [0.05, 0.1) is 7.11 Å². The Morgan fingerprint density at radius 1 is 0.581 bits per heavy atom. The lowest BCUT2D eigenvalue weighted by atomic mass is 9.86. The van der Waals surface area contributed by atoms with Crippen molar-refractivity contribution in [3.05, 3.63) is 102 Å². The molecule has 0 saturated heterocycles. The van der Waals surface area contributed by atoms with Gasteiger partial charge in [-0.15, -0.1) is 0 Å². The highest BCUT2D eigenvalue weighted by molar-refractivity contribution is 6.21. The van der Waals surface area contributed by atoms with E-state index in [4.69, 9.17) is 4.74 Å². The van der Waals surface area contributed by atoms with Crippen LogP contribution in [0.1, 0.15) is 0 Å². The van der Waals surface area contributed by atoms with Crippen LogP contribution in [0.4, 0.5) is 13.2 Å². The highest BCUT2D eigenvalue weighted by Gasteiger charge is 2.19. The molecule has 0 N–H and O–H groups in total. The SMILES string of the molecule is COc1ccc(-c2c3ccccc3c(-c3ccc(F)cc3F)c3ccc(F)cc23)cc1. The number of benzene rings is 5. The fourth-order valence-electron chi connectivity index (χ4n) is 4.20. The Morgan fingerprint density at radius 2 is 1.19 bits per heavy atom. The lowest BCUT2D eigenvalue weighted by molar-refractivity contribution is 0.415. The molecule has 0 heterocycles. The molecule has 4 heteroatoms. The van der Waals surface area contributed by atoms with E-state index in [1.165, 1.54) is 24.3 Å². The van der Waals surface area contributed by atoms with Crippen molar-refractivity contribution in [3.63, 3.8) is 0 Å². The summed E-state index contributed by atoms with van der Waals surface area (Å²) in [6, 6.07) is 23.2. The van der Waals surface area contributed by atoms with Crippen molar-refractivity contribution in [2.24, 2.45) is 0 Å². The number of halogens is 3. The molecule has 0 aromatic heterocycles. The minimum absolute atomic E-state index is 0.274. The number of hydrogen-bond donors (Lipinski definition) is 0. The molecular weight excluding hydrogens is 397 g/mol. The van der Waals surface area contributed by atoms with E-state index in [0.29, 0.717) is 22.1 Å². The zero-order valence-electron chi connectivity index (χ0n) is 16.6. The lowest BCUT2D eigenvalue weighted by Gasteiger charge is -2.18. The summed E-state index contributed by atoms with van der Waals surface area (Å²) in [5.74, 6) is -0.972. The summed E-state index contributed by atoms with van der Waals surface area (Å²) in [5.41, 5.74) is 2.62. The molecule has 0 amide bonds. The molecule has 0 aliphatic carbocycles. The van der Waals surface area contributed by atoms with Crippen LogP contribution in [0.2, 0.25) is 0 Å². The van der Waals surface area contributed by atoms with Crippen molar-refractivity contribution in [3.8, 4) is 28.0 Å². The predicted molar refractivity (Wildman–Crippen MR) is 119 cm³/mol. The van der Waals surface area contributed by atoms with Crippen LogP contribution in [0.25, 0.3) is 43.8 Å². The summed E-state index contributed by atoms with van der Waals surface area (Å²) < 4.78 is 48.1. The Hall–Kier alpha value is -3.79. The topological polar surface area (TPSA) is 9.23 Å².